The molecule has 2 amide bonds. The molecule has 0 saturated carbocycles. The number of carbonyl (C=O) groups is 2. The average molecular weight is 349 g/mol. The number of anilines is 1. The maximum atomic E-state index is 12.5. The highest BCUT2D eigenvalue weighted by Crippen LogP contribution is 2.19. The van der Waals surface area contributed by atoms with E-state index in [1.807, 2.05) is 32.0 Å². The van der Waals surface area contributed by atoms with Gasteiger partial charge in [0.1, 0.15) is 0 Å². The summed E-state index contributed by atoms with van der Waals surface area (Å²) in [5.74, 6) is -0.391. The monoisotopic (exact) mass is 349 g/mol. The van der Waals surface area contributed by atoms with Crippen LogP contribution in [-0.2, 0) is 0 Å². The largest absolute Gasteiger partial charge is 0.459 e. The van der Waals surface area contributed by atoms with Crippen molar-refractivity contribution >= 4 is 17.5 Å². The number of carbonyl (C=O) groups excluding carboxylic acids is 2. The molecule has 1 atom stereocenters. The van der Waals surface area contributed by atoms with Crippen LogP contribution in [0.4, 0.5) is 5.69 Å². The summed E-state index contributed by atoms with van der Waals surface area (Å²) in [6.07, 6.45) is 3.12. The Morgan fingerprint density at radius 2 is 1.92 bits per heavy atom. The van der Waals surface area contributed by atoms with Crippen LogP contribution >= 0.6 is 0 Å². The first kappa shape index (κ1) is 17.4. The predicted molar refractivity (Wildman–Crippen MR) is 98.0 cm³/mol. The van der Waals surface area contributed by atoms with Gasteiger partial charge >= 0.3 is 0 Å². The summed E-state index contributed by atoms with van der Waals surface area (Å²) in [4.78, 5) is 28.9. The van der Waals surface area contributed by atoms with Crippen molar-refractivity contribution in [3.05, 3.63) is 83.6 Å². The predicted octanol–water partition coefficient (Wildman–Crippen LogP) is 3.73. The number of nitrogens with one attached hydrogen (secondary N) is 2. The quantitative estimate of drug-likeness (QED) is 0.735. The number of nitrogens with zero attached hydrogens (tertiary/aromatic N) is 1. The Kier molecular flexibility index (Phi) is 5.12. The van der Waals surface area contributed by atoms with Crippen LogP contribution in [0.2, 0.25) is 0 Å². The lowest BCUT2D eigenvalue weighted by Gasteiger charge is -2.14. The molecule has 2 N–H and O–H groups in total. The van der Waals surface area contributed by atoms with Crippen molar-refractivity contribution in [2.24, 2.45) is 0 Å². The molecule has 0 aliphatic rings. The van der Waals surface area contributed by atoms with Crippen molar-refractivity contribution in [1.29, 1.82) is 0 Å². The minimum absolute atomic E-state index is 0.211. The Morgan fingerprint density at radius 1 is 1.08 bits per heavy atom. The zero-order valence-electron chi connectivity index (χ0n) is 14.5. The molecule has 0 radical (unpaired) electrons. The molecule has 2 heterocycles. The summed E-state index contributed by atoms with van der Waals surface area (Å²) < 4.78 is 5.09. The molecule has 6 heteroatoms. The lowest BCUT2D eigenvalue weighted by atomic mass is 10.1. The zero-order chi connectivity index (χ0) is 18.5. The van der Waals surface area contributed by atoms with E-state index in [1.54, 1.807) is 36.5 Å². The number of amides is 2. The first-order chi connectivity index (χ1) is 12.5. The van der Waals surface area contributed by atoms with Gasteiger partial charge in [-0.2, -0.15) is 0 Å². The van der Waals surface area contributed by atoms with Crippen LogP contribution in [0.3, 0.4) is 0 Å². The zero-order valence-corrected chi connectivity index (χ0v) is 14.5. The van der Waals surface area contributed by atoms with Crippen LogP contribution in [0, 0.1) is 6.92 Å². The highest BCUT2D eigenvalue weighted by atomic mass is 16.3. The van der Waals surface area contributed by atoms with E-state index < -0.39 is 0 Å². The molecule has 0 spiro atoms. The van der Waals surface area contributed by atoms with Gasteiger partial charge in [0.2, 0.25) is 0 Å². The molecule has 0 saturated heterocycles. The fraction of sp³-hybridized carbons (Fsp3) is 0.150. The third kappa shape index (κ3) is 3.97. The third-order valence-corrected chi connectivity index (χ3v) is 3.97. The minimum Gasteiger partial charge on any atom is -0.459 e. The Morgan fingerprint density at radius 3 is 2.62 bits per heavy atom. The molecular formula is C20H19N3O3. The molecule has 0 aliphatic carbocycles. The van der Waals surface area contributed by atoms with Crippen LogP contribution in [-0.4, -0.2) is 16.8 Å². The summed E-state index contributed by atoms with van der Waals surface area (Å²) in [5, 5.41) is 5.68. The summed E-state index contributed by atoms with van der Waals surface area (Å²) in [5.41, 5.74) is 2.64. The molecule has 0 bridgehead atoms. The summed E-state index contributed by atoms with van der Waals surface area (Å²) >= 11 is 0. The number of aryl methyl sites for hydroxylation is 1. The smallest absolute Gasteiger partial charge is 0.291 e. The number of rotatable bonds is 5. The molecule has 26 heavy (non-hydrogen) atoms. The normalized spacial score (nSPS) is 11.6. The van der Waals surface area contributed by atoms with Crippen molar-refractivity contribution in [2.45, 2.75) is 19.9 Å². The number of aromatic nitrogens is 1. The van der Waals surface area contributed by atoms with E-state index in [9.17, 15) is 9.59 Å². The van der Waals surface area contributed by atoms with E-state index in [1.165, 1.54) is 6.26 Å². The van der Waals surface area contributed by atoms with Crippen LogP contribution in [0.5, 0.6) is 0 Å². The molecule has 6 nitrogen and oxygen atoms in total. The van der Waals surface area contributed by atoms with Gasteiger partial charge < -0.3 is 15.1 Å². The topological polar surface area (TPSA) is 84.2 Å². The molecular weight excluding hydrogens is 330 g/mol. The van der Waals surface area contributed by atoms with E-state index in [-0.39, 0.29) is 23.6 Å². The first-order valence-electron chi connectivity index (χ1n) is 8.22. The molecule has 3 rings (SSSR count). The molecule has 1 aromatic carbocycles. The summed E-state index contributed by atoms with van der Waals surface area (Å²) in [7, 11) is 0. The number of benzene rings is 1. The summed E-state index contributed by atoms with van der Waals surface area (Å²) in [6, 6.07) is 13.7. The fourth-order valence-electron chi connectivity index (χ4n) is 2.48. The number of hydrogen-bond donors (Lipinski definition) is 2. The fourth-order valence-corrected chi connectivity index (χ4v) is 2.48. The lowest BCUT2D eigenvalue weighted by Crippen LogP contribution is -2.27. The van der Waals surface area contributed by atoms with Gasteiger partial charge in [-0.25, -0.2) is 0 Å². The van der Waals surface area contributed by atoms with E-state index in [4.69, 9.17) is 4.42 Å². The van der Waals surface area contributed by atoms with Gasteiger partial charge in [0.15, 0.2) is 5.76 Å². The number of hydrogen-bond acceptors (Lipinski definition) is 4. The second-order valence-corrected chi connectivity index (χ2v) is 5.91. The Balaban J connectivity index is 1.74. The highest BCUT2D eigenvalue weighted by Gasteiger charge is 2.15. The second kappa shape index (κ2) is 7.65. The second-order valence-electron chi connectivity index (χ2n) is 5.91. The van der Waals surface area contributed by atoms with Gasteiger partial charge in [0.05, 0.1) is 18.0 Å². The van der Waals surface area contributed by atoms with E-state index in [0.29, 0.717) is 11.3 Å². The maximum absolute atomic E-state index is 12.5. The van der Waals surface area contributed by atoms with Crippen molar-refractivity contribution < 1.29 is 14.0 Å². The van der Waals surface area contributed by atoms with Crippen LogP contribution in [0.25, 0.3) is 0 Å². The van der Waals surface area contributed by atoms with Gasteiger partial charge in [-0.05, 0) is 55.8 Å². The van der Waals surface area contributed by atoms with Gasteiger partial charge in [-0.1, -0.05) is 12.1 Å². The van der Waals surface area contributed by atoms with Crippen LogP contribution in [0.15, 0.2) is 65.4 Å². The van der Waals surface area contributed by atoms with Gasteiger partial charge in [-0.15, -0.1) is 0 Å². The van der Waals surface area contributed by atoms with E-state index >= 15 is 0 Å². The number of furan rings is 1. The van der Waals surface area contributed by atoms with Crippen LogP contribution in [0.1, 0.15) is 45.1 Å². The molecule has 3 aromatic rings. The Bertz CT molecular complexity index is 905. The standard InChI is InChI=1S/C20H19N3O3/c1-13-8-9-15(12-17(13)23-20(25)18-7-5-11-26-18)19(24)22-14(2)16-6-3-4-10-21-16/h3-12,14H,1-2H3,(H,22,24)(H,23,25). The minimum atomic E-state index is -0.363. The van der Waals surface area contributed by atoms with E-state index in [0.717, 1.165) is 11.3 Å². The third-order valence-electron chi connectivity index (χ3n) is 3.97. The van der Waals surface area contributed by atoms with Gasteiger partial charge in [0, 0.05) is 17.4 Å². The molecule has 0 fully saturated rings. The molecule has 2 aromatic heterocycles. The average Bonchev–Trinajstić information content (AvgIpc) is 3.19. The van der Waals surface area contributed by atoms with Crippen molar-refractivity contribution in [3.63, 3.8) is 0 Å². The maximum Gasteiger partial charge on any atom is 0.291 e. The molecule has 132 valence electrons. The summed E-state index contributed by atoms with van der Waals surface area (Å²) in [6.45, 7) is 3.73. The Hall–Kier alpha value is -3.41. The highest BCUT2D eigenvalue weighted by molar-refractivity contribution is 6.04. The van der Waals surface area contributed by atoms with Gasteiger partial charge in [0.25, 0.3) is 11.8 Å². The first-order valence-corrected chi connectivity index (χ1v) is 8.22. The SMILES string of the molecule is Cc1ccc(C(=O)NC(C)c2ccccn2)cc1NC(=O)c1ccco1. The van der Waals surface area contributed by atoms with Crippen molar-refractivity contribution in [1.82, 2.24) is 10.3 Å². The van der Waals surface area contributed by atoms with Crippen molar-refractivity contribution in [3.8, 4) is 0 Å². The Labute approximate surface area is 151 Å². The molecule has 1 unspecified atom stereocenters. The van der Waals surface area contributed by atoms with E-state index in [2.05, 4.69) is 15.6 Å². The number of pyridine rings is 1. The molecule has 0 aliphatic heterocycles. The van der Waals surface area contributed by atoms with Gasteiger partial charge in [-0.3, -0.25) is 14.6 Å². The lowest BCUT2D eigenvalue weighted by molar-refractivity contribution is 0.0937. The van der Waals surface area contributed by atoms with Crippen molar-refractivity contribution in [2.75, 3.05) is 5.32 Å². The van der Waals surface area contributed by atoms with Crippen LogP contribution < -0.4 is 10.6 Å².